The number of hydrogen-bond acceptors (Lipinski definition) is 4. The predicted molar refractivity (Wildman–Crippen MR) is 87.7 cm³/mol. The van der Waals surface area contributed by atoms with Crippen LogP contribution in [0.15, 0.2) is 24.4 Å². The summed E-state index contributed by atoms with van der Waals surface area (Å²) in [7, 11) is 3.47. The number of hydrogen-bond donors (Lipinski definition) is 1. The quantitative estimate of drug-likeness (QED) is 0.920. The van der Waals surface area contributed by atoms with E-state index in [2.05, 4.69) is 10.3 Å². The molecule has 0 unspecified atom stereocenters. The van der Waals surface area contributed by atoms with Crippen LogP contribution in [-0.4, -0.2) is 37.6 Å². The predicted octanol–water partition coefficient (Wildman–Crippen LogP) is 2.61. The summed E-state index contributed by atoms with van der Waals surface area (Å²) >= 11 is 6.32. The Morgan fingerprint density at radius 3 is 2.95 bits per heavy atom. The lowest BCUT2D eigenvalue weighted by Crippen LogP contribution is -2.36. The fourth-order valence-electron chi connectivity index (χ4n) is 2.44. The number of pyridine rings is 1. The number of amides is 1. The zero-order chi connectivity index (χ0) is 15.7. The number of anilines is 1. The minimum absolute atomic E-state index is 0.00826. The van der Waals surface area contributed by atoms with Crippen LogP contribution in [0.25, 0.3) is 10.9 Å². The van der Waals surface area contributed by atoms with Crippen molar-refractivity contribution in [1.29, 1.82) is 0 Å². The van der Waals surface area contributed by atoms with E-state index in [1.54, 1.807) is 13.3 Å². The van der Waals surface area contributed by atoms with Crippen LogP contribution >= 0.6 is 11.6 Å². The molecule has 3 rings (SSSR count). The van der Waals surface area contributed by atoms with E-state index in [4.69, 9.17) is 16.3 Å². The average molecular weight is 320 g/mol. The second-order valence-electron chi connectivity index (χ2n) is 5.54. The fourth-order valence-corrected chi connectivity index (χ4v) is 2.74. The van der Waals surface area contributed by atoms with Gasteiger partial charge in [-0.15, -0.1) is 0 Å². The Morgan fingerprint density at radius 1 is 1.50 bits per heavy atom. The summed E-state index contributed by atoms with van der Waals surface area (Å²) < 4.78 is 5.27. The first kappa shape index (κ1) is 14.9. The molecule has 5 nitrogen and oxygen atoms in total. The monoisotopic (exact) mass is 319 g/mol. The van der Waals surface area contributed by atoms with Crippen molar-refractivity contribution in [1.82, 2.24) is 10.3 Å². The number of rotatable bonds is 5. The van der Waals surface area contributed by atoms with E-state index < -0.39 is 0 Å². The molecule has 0 saturated heterocycles. The van der Waals surface area contributed by atoms with Gasteiger partial charge in [0.1, 0.15) is 5.75 Å². The molecule has 0 radical (unpaired) electrons. The van der Waals surface area contributed by atoms with Gasteiger partial charge in [-0.3, -0.25) is 9.78 Å². The fraction of sp³-hybridized carbons (Fsp3) is 0.375. The van der Waals surface area contributed by atoms with Crippen LogP contribution in [0.3, 0.4) is 0 Å². The van der Waals surface area contributed by atoms with Gasteiger partial charge >= 0.3 is 0 Å². The molecule has 0 bridgehead atoms. The van der Waals surface area contributed by atoms with Crippen molar-refractivity contribution < 1.29 is 9.53 Å². The molecule has 1 saturated carbocycles. The SMILES string of the molecule is COc1ccc2ncc(Cl)c(N(C)CC(=O)NC3CC3)c2c1. The van der Waals surface area contributed by atoms with Gasteiger partial charge in [0.25, 0.3) is 0 Å². The molecule has 1 aliphatic rings. The number of ether oxygens (including phenoxy) is 1. The molecular formula is C16H18ClN3O2. The van der Waals surface area contributed by atoms with Crippen molar-refractivity contribution in [2.24, 2.45) is 0 Å². The Hall–Kier alpha value is -2.01. The van der Waals surface area contributed by atoms with Gasteiger partial charge in [0.2, 0.25) is 5.91 Å². The van der Waals surface area contributed by atoms with Crippen molar-refractivity contribution in [2.45, 2.75) is 18.9 Å². The van der Waals surface area contributed by atoms with Crippen LogP contribution in [0.4, 0.5) is 5.69 Å². The smallest absolute Gasteiger partial charge is 0.239 e. The third-order valence-electron chi connectivity index (χ3n) is 3.71. The first-order valence-corrected chi connectivity index (χ1v) is 7.59. The summed E-state index contributed by atoms with van der Waals surface area (Å²) in [4.78, 5) is 18.2. The highest BCUT2D eigenvalue weighted by molar-refractivity contribution is 6.34. The summed E-state index contributed by atoms with van der Waals surface area (Å²) in [5.41, 5.74) is 1.60. The summed E-state index contributed by atoms with van der Waals surface area (Å²) in [6, 6.07) is 5.98. The molecule has 0 aliphatic heterocycles. The number of halogens is 1. The molecule has 1 heterocycles. The maximum absolute atomic E-state index is 12.0. The number of aromatic nitrogens is 1. The van der Waals surface area contributed by atoms with Crippen molar-refractivity contribution in [3.8, 4) is 5.75 Å². The summed E-state index contributed by atoms with van der Waals surface area (Å²) in [5, 5.41) is 4.37. The first-order valence-electron chi connectivity index (χ1n) is 7.21. The van der Waals surface area contributed by atoms with Crippen LogP contribution in [-0.2, 0) is 4.79 Å². The number of nitrogens with zero attached hydrogens (tertiary/aromatic N) is 2. The number of likely N-dealkylation sites (N-methyl/N-ethyl adjacent to an activating group) is 1. The molecule has 1 aromatic heterocycles. The van der Waals surface area contributed by atoms with Gasteiger partial charge in [-0.05, 0) is 31.0 Å². The van der Waals surface area contributed by atoms with Crippen molar-refractivity contribution >= 4 is 34.1 Å². The number of benzene rings is 1. The summed E-state index contributed by atoms with van der Waals surface area (Å²) in [5.74, 6) is 0.738. The lowest BCUT2D eigenvalue weighted by atomic mass is 10.1. The Labute approximate surface area is 134 Å². The van der Waals surface area contributed by atoms with Gasteiger partial charge in [-0.2, -0.15) is 0 Å². The highest BCUT2D eigenvalue weighted by Gasteiger charge is 2.24. The molecule has 1 N–H and O–H groups in total. The summed E-state index contributed by atoms with van der Waals surface area (Å²) in [6.45, 7) is 0.256. The third kappa shape index (κ3) is 3.09. The van der Waals surface area contributed by atoms with Crippen molar-refractivity contribution in [2.75, 3.05) is 25.6 Å². The Bertz CT molecular complexity index is 716. The maximum Gasteiger partial charge on any atom is 0.239 e. The standard InChI is InChI=1S/C16H18ClN3O2/c1-20(9-15(21)19-10-3-4-10)16-12-7-11(22-2)5-6-14(12)18-8-13(16)17/h5-8,10H,3-4,9H2,1-2H3,(H,19,21). The number of fused-ring (bicyclic) bond motifs is 1. The number of carbonyl (C=O) groups excluding carboxylic acids is 1. The van der Waals surface area contributed by atoms with E-state index in [0.29, 0.717) is 11.1 Å². The summed E-state index contributed by atoms with van der Waals surface area (Å²) in [6.07, 6.45) is 3.76. The molecule has 0 atom stereocenters. The van der Waals surface area contributed by atoms with E-state index in [-0.39, 0.29) is 12.5 Å². The van der Waals surface area contributed by atoms with Crippen molar-refractivity contribution in [3.63, 3.8) is 0 Å². The average Bonchev–Trinajstić information content (AvgIpc) is 3.29. The zero-order valence-corrected chi connectivity index (χ0v) is 13.4. The highest BCUT2D eigenvalue weighted by atomic mass is 35.5. The topological polar surface area (TPSA) is 54.5 Å². The molecule has 0 spiro atoms. The van der Waals surface area contributed by atoms with Gasteiger partial charge in [-0.25, -0.2) is 0 Å². The molecule has 1 aromatic carbocycles. The minimum atomic E-state index is 0.00826. The molecule has 1 fully saturated rings. The molecular weight excluding hydrogens is 302 g/mol. The van der Waals surface area contributed by atoms with E-state index in [9.17, 15) is 4.79 Å². The molecule has 22 heavy (non-hydrogen) atoms. The zero-order valence-electron chi connectivity index (χ0n) is 12.6. The molecule has 116 valence electrons. The molecule has 1 amide bonds. The van der Waals surface area contributed by atoms with E-state index in [1.807, 2.05) is 30.1 Å². The van der Waals surface area contributed by atoms with Crippen LogP contribution in [0.5, 0.6) is 5.75 Å². The van der Waals surface area contributed by atoms with E-state index >= 15 is 0 Å². The second-order valence-corrected chi connectivity index (χ2v) is 5.94. The number of carbonyl (C=O) groups is 1. The lowest BCUT2D eigenvalue weighted by Gasteiger charge is -2.22. The van der Waals surface area contributed by atoms with E-state index in [0.717, 1.165) is 35.2 Å². The molecule has 2 aromatic rings. The Balaban J connectivity index is 1.92. The van der Waals surface area contributed by atoms with Gasteiger partial charge in [-0.1, -0.05) is 11.6 Å². The maximum atomic E-state index is 12.0. The van der Waals surface area contributed by atoms with Crippen LogP contribution in [0, 0.1) is 0 Å². The Kier molecular flexibility index (Phi) is 4.07. The van der Waals surface area contributed by atoms with Crippen LogP contribution < -0.4 is 15.0 Å². The van der Waals surface area contributed by atoms with E-state index in [1.165, 1.54) is 0 Å². The molecule has 6 heteroatoms. The largest absolute Gasteiger partial charge is 0.497 e. The van der Waals surface area contributed by atoms with Gasteiger partial charge < -0.3 is 15.0 Å². The molecule has 1 aliphatic carbocycles. The van der Waals surface area contributed by atoms with Gasteiger partial charge in [0.15, 0.2) is 0 Å². The Morgan fingerprint density at radius 2 is 2.27 bits per heavy atom. The van der Waals surface area contributed by atoms with Crippen LogP contribution in [0.2, 0.25) is 5.02 Å². The highest BCUT2D eigenvalue weighted by Crippen LogP contribution is 2.34. The number of nitrogens with one attached hydrogen (secondary N) is 1. The third-order valence-corrected chi connectivity index (χ3v) is 3.98. The van der Waals surface area contributed by atoms with Gasteiger partial charge in [0.05, 0.1) is 29.9 Å². The van der Waals surface area contributed by atoms with Gasteiger partial charge in [0, 0.05) is 24.7 Å². The van der Waals surface area contributed by atoms with Crippen LogP contribution in [0.1, 0.15) is 12.8 Å². The second kappa shape index (κ2) is 6.01. The first-order chi connectivity index (χ1) is 10.6. The number of methoxy groups -OCH3 is 1. The normalized spacial score (nSPS) is 14.0. The minimum Gasteiger partial charge on any atom is -0.497 e. The lowest BCUT2D eigenvalue weighted by molar-refractivity contribution is -0.119. The van der Waals surface area contributed by atoms with Crippen molar-refractivity contribution in [3.05, 3.63) is 29.4 Å².